The molecular formula is C79H154O17P2. The van der Waals surface area contributed by atoms with Crippen LogP contribution in [0.4, 0.5) is 0 Å². The fourth-order valence-electron chi connectivity index (χ4n) is 12.2. The molecule has 0 heterocycles. The van der Waals surface area contributed by atoms with Gasteiger partial charge in [0.25, 0.3) is 0 Å². The molecule has 19 heteroatoms. The van der Waals surface area contributed by atoms with Gasteiger partial charge < -0.3 is 33.8 Å². The predicted octanol–water partition coefficient (Wildman–Crippen LogP) is 23.6. The molecule has 0 rings (SSSR count). The van der Waals surface area contributed by atoms with Crippen LogP contribution in [0.2, 0.25) is 0 Å². The van der Waals surface area contributed by atoms with Crippen molar-refractivity contribution in [1.29, 1.82) is 0 Å². The number of hydrogen-bond donors (Lipinski definition) is 3. The molecule has 0 radical (unpaired) electrons. The van der Waals surface area contributed by atoms with Gasteiger partial charge in [-0.15, -0.1) is 0 Å². The third-order valence-corrected chi connectivity index (χ3v) is 20.4. The number of rotatable bonds is 79. The molecule has 0 aromatic carbocycles. The summed E-state index contributed by atoms with van der Waals surface area (Å²) in [6, 6.07) is 0. The van der Waals surface area contributed by atoms with Crippen LogP contribution >= 0.6 is 15.6 Å². The van der Waals surface area contributed by atoms with Crippen molar-refractivity contribution in [3.63, 3.8) is 0 Å². The van der Waals surface area contributed by atoms with Gasteiger partial charge in [0.05, 0.1) is 26.4 Å². The first-order valence-electron chi connectivity index (χ1n) is 41.1. The van der Waals surface area contributed by atoms with E-state index in [0.29, 0.717) is 31.6 Å². The fourth-order valence-corrected chi connectivity index (χ4v) is 13.8. The lowest BCUT2D eigenvalue weighted by Crippen LogP contribution is -2.30. The first kappa shape index (κ1) is 96.1. The third kappa shape index (κ3) is 72.4. The second kappa shape index (κ2) is 72.0. The number of aliphatic hydroxyl groups excluding tert-OH is 1. The van der Waals surface area contributed by atoms with Crippen molar-refractivity contribution in [3.8, 4) is 0 Å². The van der Waals surface area contributed by atoms with E-state index in [2.05, 4.69) is 34.6 Å². The standard InChI is InChI=1S/C79H154O17P2/c1-6-9-12-15-18-21-24-26-28-30-31-32-33-35-37-39-41-44-49-54-59-64-78(83)95-74(68-90-77(82)63-58-53-48-43-40-38-36-34-29-27-25-22-19-16-13-10-7-2)70-93-97(85,86)91-66-73(80)67-92-98(87,88)94-71-75(96-79(84)65-60-55-50-45-46-51-56-61-72(4)5)69-89-76(81)62-57-52-47-42-23-20-17-14-11-8-3/h72-75,80H,6-71H2,1-5H3,(H,85,86)(H,87,88)/t73-,74-,75-/m1/s1. The first-order valence-corrected chi connectivity index (χ1v) is 44.1. The van der Waals surface area contributed by atoms with Crippen molar-refractivity contribution in [3.05, 3.63) is 0 Å². The van der Waals surface area contributed by atoms with Gasteiger partial charge in [-0.1, -0.05) is 369 Å². The molecule has 98 heavy (non-hydrogen) atoms. The maximum Gasteiger partial charge on any atom is 0.472 e. The zero-order valence-electron chi connectivity index (χ0n) is 63.9. The molecule has 0 bridgehead atoms. The second-order valence-corrected chi connectivity index (χ2v) is 31.8. The monoisotopic (exact) mass is 1440 g/mol. The molecule has 0 spiro atoms. The Kier molecular flexibility index (Phi) is 70.6. The van der Waals surface area contributed by atoms with Gasteiger partial charge in [-0.3, -0.25) is 37.3 Å². The summed E-state index contributed by atoms with van der Waals surface area (Å²) in [6.07, 6.45) is 62.7. The van der Waals surface area contributed by atoms with Crippen LogP contribution in [0.1, 0.15) is 420 Å². The summed E-state index contributed by atoms with van der Waals surface area (Å²) in [5.41, 5.74) is 0. The molecule has 3 N–H and O–H groups in total. The highest BCUT2D eigenvalue weighted by atomic mass is 31.2. The largest absolute Gasteiger partial charge is 0.472 e. The number of phosphoric acid groups is 2. The predicted molar refractivity (Wildman–Crippen MR) is 400 cm³/mol. The molecule has 5 atom stereocenters. The van der Waals surface area contributed by atoms with Gasteiger partial charge in [0.2, 0.25) is 0 Å². The Morgan fingerprint density at radius 3 is 0.694 bits per heavy atom. The van der Waals surface area contributed by atoms with Crippen LogP contribution in [0.3, 0.4) is 0 Å². The molecule has 0 amide bonds. The number of hydrogen-bond acceptors (Lipinski definition) is 15. The minimum absolute atomic E-state index is 0.104. The van der Waals surface area contributed by atoms with Crippen molar-refractivity contribution in [1.82, 2.24) is 0 Å². The van der Waals surface area contributed by atoms with E-state index in [9.17, 15) is 43.2 Å². The van der Waals surface area contributed by atoms with Gasteiger partial charge in [-0.25, -0.2) is 9.13 Å². The zero-order chi connectivity index (χ0) is 71.9. The summed E-state index contributed by atoms with van der Waals surface area (Å²) in [4.78, 5) is 72.8. The highest BCUT2D eigenvalue weighted by Crippen LogP contribution is 2.45. The molecular weight excluding hydrogens is 1280 g/mol. The molecule has 0 aliphatic carbocycles. The second-order valence-electron chi connectivity index (χ2n) is 28.9. The van der Waals surface area contributed by atoms with Crippen molar-refractivity contribution in [2.24, 2.45) is 5.92 Å². The Balaban J connectivity index is 5.19. The van der Waals surface area contributed by atoms with Gasteiger partial charge in [0.1, 0.15) is 19.3 Å². The number of esters is 4. The Hall–Kier alpha value is -1.94. The van der Waals surface area contributed by atoms with Gasteiger partial charge in [0.15, 0.2) is 12.2 Å². The van der Waals surface area contributed by atoms with Gasteiger partial charge in [0, 0.05) is 25.7 Å². The highest BCUT2D eigenvalue weighted by molar-refractivity contribution is 7.47. The molecule has 0 aliphatic rings. The lowest BCUT2D eigenvalue weighted by Gasteiger charge is -2.21. The van der Waals surface area contributed by atoms with E-state index < -0.39 is 97.5 Å². The summed E-state index contributed by atoms with van der Waals surface area (Å²) in [7, 11) is -9.91. The van der Waals surface area contributed by atoms with Crippen molar-refractivity contribution in [2.75, 3.05) is 39.6 Å². The SMILES string of the molecule is CCCCCCCCCCCCCCCCCCCCCCCC(=O)O[C@H](COC(=O)CCCCCCCCCCCCCCCCCCC)COP(=O)(O)OC[C@@H](O)COP(=O)(O)OC[C@@H](COC(=O)CCCCCCCCCCCC)OC(=O)CCCCCCCCCC(C)C. The van der Waals surface area contributed by atoms with Gasteiger partial charge in [-0.2, -0.15) is 0 Å². The lowest BCUT2D eigenvalue weighted by molar-refractivity contribution is -0.161. The Labute approximate surface area is 600 Å². The average molecular weight is 1440 g/mol. The minimum Gasteiger partial charge on any atom is -0.462 e. The highest BCUT2D eigenvalue weighted by Gasteiger charge is 2.30. The van der Waals surface area contributed by atoms with Crippen molar-refractivity contribution in [2.45, 2.75) is 438 Å². The number of carbonyl (C=O) groups is 4. The van der Waals surface area contributed by atoms with Gasteiger partial charge in [-0.05, 0) is 31.6 Å². The van der Waals surface area contributed by atoms with Gasteiger partial charge >= 0.3 is 39.5 Å². The number of unbranched alkanes of at least 4 members (excludes halogenated alkanes) is 51. The fraction of sp³-hybridized carbons (Fsp3) is 0.949. The molecule has 0 fully saturated rings. The molecule has 0 saturated carbocycles. The van der Waals surface area contributed by atoms with E-state index in [1.54, 1.807) is 0 Å². The van der Waals surface area contributed by atoms with Crippen LogP contribution < -0.4 is 0 Å². The summed E-state index contributed by atoms with van der Waals surface area (Å²) >= 11 is 0. The van der Waals surface area contributed by atoms with Crippen molar-refractivity contribution >= 4 is 39.5 Å². The van der Waals surface area contributed by atoms with Crippen LogP contribution in [0.25, 0.3) is 0 Å². The maximum atomic E-state index is 13.1. The minimum atomic E-state index is -4.96. The number of ether oxygens (including phenoxy) is 4. The van der Waals surface area contributed by atoms with E-state index in [1.165, 1.54) is 244 Å². The summed E-state index contributed by atoms with van der Waals surface area (Å²) < 4.78 is 68.6. The summed E-state index contributed by atoms with van der Waals surface area (Å²) in [6.45, 7) is 7.24. The van der Waals surface area contributed by atoms with E-state index in [1.807, 2.05) is 0 Å². The smallest absolute Gasteiger partial charge is 0.462 e. The lowest BCUT2D eigenvalue weighted by atomic mass is 10.0. The molecule has 2 unspecified atom stereocenters. The molecule has 0 aromatic rings. The molecule has 582 valence electrons. The number of carbonyl (C=O) groups excluding carboxylic acids is 4. The normalized spacial score (nSPS) is 13.9. The zero-order valence-corrected chi connectivity index (χ0v) is 65.7. The number of phosphoric ester groups is 2. The van der Waals surface area contributed by atoms with Crippen LogP contribution in [0.5, 0.6) is 0 Å². The summed E-state index contributed by atoms with van der Waals surface area (Å²) in [5, 5.41) is 10.6. The quantitative estimate of drug-likeness (QED) is 0.0222. The third-order valence-electron chi connectivity index (χ3n) is 18.5. The molecule has 0 saturated heterocycles. The Morgan fingerprint density at radius 1 is 0.276 bits per heavy atom. The van der Waals surface area contributed by atoms with Crippen LogP contribution in [-0.4, -0.2) is 96.7 Å². The van der Waals surface area contributed by atoms with Crippen molar-refractivity contribution < 1.29 is 80.2 Å². The van der Waals surface area contributed by atoms with E-state index in [0.717, 1.165) is 89.9 Å². The van der Waals surface area contributed by atoms with Crippen LogP contribution in [0.15, 0.2) is 0 Å². The van der Waals surface area contributed by atoms with E-state index in [4.69, 9.17) is 37.0 Å². The Morgan fingerprint density at radius 2 is 0.469 bits per heavy atom. The van der Waals surface area contributed by atoms with Crippen LogP contribution in [0, 0.1) is 5.92 Å². The molecule has 17 nitrogen and oxygen atoms in total. The topological polar surface area (TPSA) is 237 Å². The Bertz CT molecular complexity index is 1870. The van der Waals surface area contributed by atoms with Crippen LogP contribution in [-0.2, 0) is 65.4 Å². The summed E-state index contributed by atoms with van der Waals surface area (Å²) in [5.74, 6) is -1.42. The number of aliphatic hydroxyl groups is 1. The first-order chi connectivity index (χ1) is 47.5. The average Bonchev–Trinajstić information content (AvgIpc) is 1.25. The van der Waals surface area contributed by atoms with E-state index >= 15 is 0 Å². The van der Waals surface area contributed by atoms with E-state index in [-0.39, 0.29) is 25.7 Å². The molecule has 0 aromatic heterocycles. The maximum absolute atomic E-state index is 13.1. The molecule has 0 aliphatic heterocycles.